The molecule has 0 bridgehead atoms. The third kappa shape index (κ3) is 7.40. The number of hydrogen-bond acceptors (Lipinski definition) is 5. The molecule has 1 saturated heterocycles. The van der Waals surface area contributed by atoms with E-state index in [4.69, 9.17) is 9.47 Å². The summed E-state index contributed by atoms with van der Waals surface area (Å²) >= 11 is 0. The van der Waals surface area contributed by atoms with Crippen LogP contribution in [-0.2, 0) is 11.3 Å². The number of ether oxygens (including phenoxy) is 2. The Bertz CT molecular complexity index is 687. The summed E-state index contributed by atoms with van der Waals surface area (Å²) in [4.78, 5) is 21.1. The Kier molecular flexibility index (Phi) is 10.3. The molecule has 1 fully saturated rings. The molecule has 0 spiro atoms. The van der Waals surface area contributed by atoms with Gasteiger partial charge in [0.15, 0.2) is 5.96 Å². The highest BCUT2D eigenvalue weighted by Gasteiger charge is 2.21. The monoisotopic (exact) mass is 419 g/mol. The Morgan fingerprint density at radius 1 is 1.10 bits per heavy atom. The van der Waals surface area contributed by atoms with Gasteiger partial charge in [-0.1, -0.05) is 6.92 Å². The molecule has 0 aliphatic carbocycles. The summed E-state index contributed by atoms with van der Waals surface area (Å²) in [5.74, 6) is 2.68. The molecule has 0 saturated carbocycles. The van der Waals surface area contributed by atoms with E-state index >= 15 is 0 Å². The molecule has 8 nitrogen and oxygen atoms in total. The highest BCUT2D eigenvalue weighted by Crippen LogP contribution is 2.25. The molecular weight excluding hydrogens is 382 g/mol. The molecule has 1 amide bonds. The Morgan fingerprint density at radius 2 is 1.87 bits per heavy atom. The summed E-state index contributed by atoms with van der Waals surface area (Å²) in [6, 6.07) is 5.92. The number of nitrogens with zero attached hydrogens (tertiary/aromatic N) is 3. The number of hydrogen-bond donors (Lipinski definition) is 2. The zero-order valence-electron chi connectivity index (χ0n) is 18.9. The number of rotatable bonds is 10. The molecule has 8 heteroatoms. The fraction of sp³-hybridized carbons (Fsp3) is 0.636. The van der Waals surface area contributed by atoms with E-state index in [2.05, 4.69) is 32.3 Å². The van der Waals surface area contributed by atoms with Crippen molar-refractivity contribution >= 4 is 11.9 Å². The van der Waals surface area contributed by atoms with E-state index in [0.29, 0.717) is 13.0 Å². The first-order chi connectivity index (χ1) is 14.6. The van der Waals surface area contributed by atoms with Crippen molar-refractivity contribution in [2.75, 3.05) is 60.0 Å². The van der Waals surface area contributed by atoms with Gasteiger partial charge in [0.1, 0.15) is 11.5 Å². The molecule has 1 aromatic rings. The van der Waals surface area contributed by atoms with E-state index in [1.165, 1.54) is 0 Å². The number of benzene rings is 1. The number of amides is 1. The second-order valence-corrected chi connectivity index (χ2v) is 7.28. The number of nitrogens with one attached hydrogen (secondary N) is 2. The van der Waals surface area contributed by atoms with Crippen LogP contribution in [0.25, 0.3) is 0 Å². The van der Waals surface area contributed by atoms with Gasteiger partial charge in [-0.15, -0.1) is 0 Å². The molecule has 0 radical (unpaired) electrons. The summed E-state index contributed by atoms with van der Waals surface area (Å²) in [6.07, 6.45) is 1.37. The van der Waals surface area contributed by atoms with E-state index < -0.39 is 0 Å². The minimum atomic E-state index is 0.0634. The van der Waals surface area contributed by atoms with Gasteiger partial charge in [-0.25, -0.2) is 0 Å². The van der Waals surface area contributed by atoms with E-state index in [1.807, 2.05) is 25.1 Å². The van der Waals surface area contributed by atoms with Gasteiger partial charge in [0.2, 0.25) is 5.91 Å². The van der Waals surface area contributed by atoms with Gasteiger partial charge in [0.05, 0.1) is 20.8 Å². The molecule has 0 unspecified atom stereocenters. The second-order valence-electron chi connectivity index (χ2n) is 7.28. The Hall–Kier alpha value is -2.48. The van der Waals surface area contributed by atoms with Crippen LogP contribution in [0.1, 0.15) is 32.3 Å². The van der Waals surface area contributed by atoms with Crippen LogP contribution in [0.5, 0.6) is 11.5 Å². The van der Waals surface area contributed by atoms with Gasteiger partial charge >= 0.3 is 0 Å². The number of guanidine groups is 1. The molecule has 0 aromatic heterocycles. The zero-order chi connectivity index (χ0) is 21.8. The van der Waals surface area contributed by atoms with Crippen molar-refractivity contribution in [3.8, 4) is 11.5 Å². The van der Waals surface area contributed by atoms with Crippen LogP contribution in [0.15, 0.2) is 23.2 Å². The Labute approximate surface area is 180 Å². The van der Waals surface area contributed by atoms with E-state index in [9.17, 15) is 4.79 Å². The van der Waals surface area contributed by atoms with Crippen molar-refractivity contribution in [1.82, 2.24) is 20.4 Å². The van der Waals surface area contributed by atoms with Crippen molar-refractivity contribution in [1.29, 1.82) is 0 Å². The van der Waals surface area contributed by atoms with Gasteiger partial charge in [-0.2, -0.15) is 0 Å². The maximum absolute atomic E-state index is 11.8. The molecule has 2 rings (SSSR count). The van der Waals surface area contributed by atoms with Crippen LogP contribution in [0.3, 0.4) is 0 Å². The summed E-state index contributed by atoms with van der Waals surface area (Å²) in [5.41, 5.74) is 1.13. The first-order valence-electron chi connectivity index (χ1n) is 10.8. The molecular formula is C22H37N5O3. The average Bonchev–Trinajstić information content (AvgIpc) is 2.77. The molecule has 2 N–H and O–H groups in total. The van der Waals surface area contributed by atoms with Crippen molar-refractivity contribution in [2.45, 2.75) is 33.2 Å². The standard InChI is InChI=1S/C22H37N5O3/c1-5-10-24-21(28)9-11-25-22(23-6-2)27-14-12-26(13-15-27)17-18-16-19(29-3)7-8-20(18)30-4/h7-8,16H,5-6,9-15,17H2,1-4H3,(H,23,25)(H,24,28). The van der Waals surface area contributed by atoms with Crippen molar-refractivity contribution in [2.24, 2.45) is 4.99 Å². The maximum atomic E-state index is 11.8. The highest BCUT2D eigenvalue weighted by molar-refractivity contribution is 5.81. The average molecular weight is 420 g/mol. The van der Waals surface area contributed by atoms with Crippen molar-refractivity contribution < 1.29 is 14.3 Å². The predicted molar refractivity (Wildman–Crippen MR) is 120 cm³/mol. The first-order valence-corrected chi connectivity index (χ1v) is 10.8. The van der Waals surface area contributed by atoms with Gasteiger partial charge in [-0.05, 0) is 31.5 Å². The normalized spacial score (nSPS) is 15.1. The predicted octanol–water partition coefficient (Wildman–Crippen LogP) is 1.70. The number of carbonyl (C=O) groups excluding carboxylic acids is 1. The van der Waals surface area contributed by atoms with E-state index in [0.717, 1.165) is 75.3 Å². The number of aliphatic imine (C=N–C) groups is 1. The van der Waals surface area contributed by atoms with E-state index in [1.54, 1.807) is 14.2 Å². The number of piperazine rings is 1. The van der Waals surface area contributed by atoms with E-state index in [-0.39, 0.29) is 5.91 Å². The van der Waals surface area contributed by atoms with Gasteiger partial charge in [0, 0.05) is 57.8 Å². The minimum Gasteiger partial charge on any atom is -0.497 e. The minimum absolute atomic E-state index is 0.0634. The lowest BCUT2D eigenvalue weighted by atomic mass is 10.1. The van der Waals surface area contributed by atoms with Crippen molar-refractivity contribution in [3.63, 3.8) is 0 Å². The van der Waals surface area contributed by atoms with Crippen LogP contribution < -0.4 is 20.1 Å². The van der Waals surface area contributed by atoms with Gasteiger partial charge in [-0.3, -0.25) is 14.7 Å². The van der Waals surface area contributed by atoms with Crippen LogP contribution >= 0.6 is 0 Å². The molecule has 168 valence electrons. The third-order valence-corrected chi connectivity index (χ3v) is 5.06. The third-order valence-electron chi connectivity index (χ3n) is 5.06. The second kappa shape index (κ2) is 13.0. The largest absolute Gasteiger partial charge is 0.497 e. The summed E-state index contributed by atoms with van der Waals surface area (Å²) in [7, 11) is 3.38. The SMILES string of the molecule is CCCNC(=O)CCN=C(NCC)N1CCN(Cc2cc(OC)ccc2OC)CC1. The molecule has 30 heavy (non-hydrogen) atoms. The summed E-state index contributed by atoms with van der Waals surface area (Å²) in [6.45, 7) is 10.6. The van der Waals surface area contributed by atoms with Crippen LogP contribution in [-0.4, -0.2) is 81.7 Å². The molecule has 1 aromatic carbocycles. The molecule has 0 atom stereocenters. The Morgan fingerprint density at radius 3 is 2.50 bits per heavy atom. The zero-order valence-corrected chi connectivity index (χ0v) is 18.9. The first kappa shape index (κ1) is 23.8. The smallest absolute Gasteiger partial charge is 0.221 e. The summed E-state index contributed by atoms with van der Waals surface area (Å²) < 4.78 is 10.9. The van der Waals surface area contributed by atoms with Crippen LogP contribution in [0.4, 0.5) is 0 Å². The maximum Gasteiger partial charge on any atom is 0.221 e. The molecule has 1 aliphatic heterocycles. The lowest BCUT2D eigenvalue weighted by Gasteiger charge is -2.36. The lowest BCUT2D eigenvalue weighted by Crippen LogP contribution is -2.52. The number of carbonyl (C=O) groups is 1. The fourth-order valence-corrected chi connectivity index (χ4v) is 3.41. The van der Waals surface area contributed by atoms with Crippen LogP contribution in [0.2, 0.25) is 0 Å². The topological polar surface area (TPSA) is 78.4 Å². The fourth-order valence-electron chi connectivity index (χ4n) is 3.41. The summed E-state index contributed by atoms with van der Waals surface area (Å²) in [5, 5.41) is 6.25. The lowest BCUT2D eigenvalue weighted by molar-refractivity contribution is -0.120. The van der Waals surface area contributed by atoms with Crippen molar-refractivity contribution in [3.05, 3.63) is 23.8 Å². The Balaban J connectivity index is 1.89. The highest BCUT2D eigenvalue weighted by atomic mass is 16.5. The molecule has 1 heterocycles. The quantitative estimate of drug-likeness (QED) is 0.444. The molecule has 1 aliphatic rings. The van der Waals surface area contributed by atoms with Gasteiger partial charge in [0.25, 0.3) is 0 Å². The van der Waals surface area contributed by atoms with Gasteiger partial charge < -0.3 is 25.0 Å². The van der Waals surface area contributed by atoms with Crippen LogP contribution in [0, 0.1) is 0 Å². The number of methoxy groups -OCH3 is 2.